The molecule has 0 unspecified atom stereocenters. The summed E-state index contributed by atoms with van der Waals surface area (Å²) in [6.07, 6.45) is 6.20. The summed E-state index contributed by atoms with van der Waals surface area (Å²) in [6, 6.07) is 8.62. The molecule has 5 heterocycles. The molecular weight excluding hydrogens is 334 g/mol. The van der Waals surface area contributed by atoms with Crippen LogP contribution in [0.1, 0.15) is 12.8 Å². The number of aromatic amines is 1. The van der Waals surface area contributed by atoms with Crippen LogP contribution >= 0.6 is 11.6 Å². The van der Waals surface area contributed by atoms with Crippen molar-refractivity contribution in [3.05, 3.63) is 41.7 Å². The molecule has 0 radical (unpaired) electrons. The molecule has 5 nitrogen and oxygen atoms in total. The van der Waals surface area contributed by atoms with E-state index in [9.17, 15) is 0 Å². The minimum Gasteiger partial charge on any atom is -0.360 e. The lowest BCUT2D eigenvalue weighted by atomic mass is 9.84. The molecule has 3 aliphatic rings. The number of para-hydroxylation sites is 1. The average Bonchev–Trinajstić information content (AvgIpc) is 3.08. The quantitative estimate of drug-likeness (QED) is 0.752. The standard InChI is InChI=1S/C19H20ClN5/c20-15-10-22-19(23-17-11-25-7-5-12(17)6-8-25)24-18(15)14-9-21-16-4-2-1-3-13(14)16/h1-4,9-10,12,17,21H,5-8,11H2,(H,22,23,24)/t17-/m1/s1. The van der Waals surface area contributed by atoms with Crippen LogP contribution in [0.3, 0.4) is 0 Å². The Balaban J connectivity index is 1.48. The molecule has 1 atom stereocenters. The van der Waals surface area contributed by atoms with Crippen LogP contribution in [0, 0.1) is 5.92 Å². The van der Waals surface area contributed by atoms with Crippen LogP contribution in [0.2, 0.25) is 5.02 Å². The summed E-state index contributed by atoms with van der Waals surface area (Å²) in [6.45, 7) is 3.54. The third-order valence-electron chi connectivity index (χ3n) is 5.56. The summed E-state index contributed by atoms with van der Waals surface area (Å²) in [7, 11) is 0. The molecule has 2 bridgehead atoms. The summed E-state index contributed by atoms with van der Waals surface area (Å²) in [5.74, 6) is 1.39. The maximum Gasteiger partial charge on any atom is 0.223 e. The van der Waals surface area contributed by atoms with Gasteiger partial charge in [0.2, 0.25) is 5.95 Å². The van der Waals surface area contributed by atoms with Crippen LogP contribution in [0.15, 0.2) is 36.7 Å². The zero-order valence-electron chi connectivity index (χ0n) is 13.9. The number of hydrogen-bond donors (Lipinski definition) is 2. The molecule has 25 heavy (non-hydrogen) atoms. The third kappa shape index (κ3) is 2.68. The van der Waals surface area contributed by atoms with E-state index >= 15 is 0 Å². The topological polar surface area (TPSA) is 56.8 Å². The monoisotopic (exact) mass is 353 g/mol. The SMILES string of the molecule is Clc1cnc(N[C@@H]2CN3CCC2CC3)nc1-c1c[nH]c2ccccc12. The molecule has 3 saturated heterocycles. The first kappa shape index (κ1) is 15.2. The number of fused-ring (bicyclic) bond motifs is 4. The number of aromatic nitrogens is 3. The number of benzene rings is 1. The normalized spacial score (nSPS) is 25.4. The Labute approximate surface area is 151 Å². The van der Waals surface area contributed by atoms with Gasteiger partial charge in [0.05, 0.1) is 16.9 Å². The van der Waals surface area contributed by atoms with Crippen molar-refractivity contribution in [3.63, 3.8) is 0 Å². The van der Waals surface area contributed by atoms with Gasteiger partial charge in [-0.25, -0.2) is 9.97 Å². The van der Waals surface area contributed by atoms with Gasteiger partial charge in [-0.05, 0) is 37.9 Å². The smallest absolute Gasteiger partial charge is 0.223 e. The van der Waals surface area contributed by atoms with Gasteiger partial charge < -0.3 is 15.2 Å². The molecule has 2 N–H and O–H groups in total. The molecule has 0 saturated carbocycles. The Kier molecular flexibility index (Phi) is 3.64. The molecule has 0 spiro atoms. The fourth-order valence-electron chi connectivity index (χ4n) is 4.19. The van der Waals surface area contributed by atoms with Gasteiger partial charge in [-0.1, -0.05) is 29.8 Å². The number of H-pyrrole nitrogens is 1. The Morgan fingerprint density at radius 2 is 2.04 bits per heavy atom. The number of nitrogens with one attached hydrogen (secondary N) is 2. The lowest BCUT2D eigenvalue weighted by molar-refractivity contribution is 0.0972. The van der Waals surface area contributed by atoms with E-state index in [0.717, 1.165) is 34.6 Å². The molecule has 128 valence electrons. The van der Waals surface area contributed by atoms with Crippen molar-refractivity contribution in [3.8, 4) is 11.3 Å². The molecule has 6 heteroatoms. The highest BCUT2D eigenvalue weighted by molar-refractivity contribution is 6.33. The molecule has 0 aliphatic carbocycles. The minimum atomic E-state index is 0.430. The summed E-state index contributed by atoms with van der Waals surface area (Å²) < 4.78 is 0. The minimum absolute atomic E-state index is 0.430. The Morgan fingerprint density at radius 3 is 2.84 bits per heavy atom. The number of nitrogens with zero attached hydrogens (tertiary/aromatic N) is 3. The molecular formula is C19H20ClN5. The second-order valence-corrected chi connectivity index (χ2v) is 7.43. The van der Waals surface area contributed by atoms with Gasteiger partial charge >= 0.3 is 0 Å². The largest absolute Gasteiger partial charge is 0.360 e. The van der Waals surface area contributed by atoms with E-state index in [1.165, 1.54) is 25.9 Å². The number of rotatable bonds is 3. The highest BCUT2D eigenvalue weighted by Crippen LogP contribution is 2.33. The fraction of sp³-hybridized carbons (Fsp3) is 0.368. The van der Waals surface area contributed by atoms with Crippen molar-refractivity contribution < 1.29 is 0 Å². The van der Waals surface area contributed by atoms with E-state index in [4.69, 9.17) is 16.6 Å². The maximum atomic E-state index is 6.42. The number of halogens is 1. The van der Waals surface area contributed by atoms with Crippen LogP contribution in [0.25, 0.3) is 22.2 Å². The van der Waals surface area contributed by atoms with Gasteiger partial charge in [0, 0.05) is 35.2 Å². The highest BCUT2D eigenvalue weighted by Gasteiger charge is 2.34. The van der Waals surface area contributed by atoms with E-state index < -0.39 is 0 Å². The number of anilines is 1. The molecule has 0 amide bonds. The van der Waals surface area contributed by atoms with Gasteiger partial charge in [-0.2, -0.15) is 0 Å². The van der Waals surface area contributed by atoms with Crippen LogP contribution in [-0.4, -0.2) is 45.5 Å². The first-order valence-corrected chi connectivity index (χ1v) is 9.23. The molecule has 3 fully saturated rings. The highest BCUT2D eigenvalue weighted by atomic mass is 35.5. The van der Waals surface area contributed by atoms with Crippen molar-refractivity contribution in [2.24, 2.45) is 5.92 Å². The van der Waals surface area contributed by atoms with Crippen LogP contribution in [0.5, 0.6) is 0 Å². The van der Waals surface area contributed by atoms with Crippen molar-refractivity contribution >= 4 is 28.5 Å². The second-order valence-electron chi connectivity index (χ2n) is 7.03. The molecule has 3 aromatic rings. The van der Waals surface area contributed by atoms with Crippen molar-refractivity contribution in [2.75, 3.05) is 25.0 Å². The van der Waals surface area contributed by atoms with Crippen LogP contribution in [0.4, 0.5) is 5.95 Å². The lowest BCUT2D eigenvalue weighted by Gasteiger charge is -2.44. The third-order valence-corrected chi connectivity index (χ3v) is 5.84. The first-order chi connectivity index (χ1) is 12.3. The van der Waals surface area contributed by atoms with Crippen molar-refractivity contribution in [1.29, 1.82) is 0 Å². The number of piperidine rings is 3. The molecule has 3 aliphatic heterocycles. The molecule has 2 aromatic heterocycles. The molecule has 1 aromatic carbocycles. The van der Waals surface area contributed by atoms with Crippen LogP contribution < -0.4 is 5.32 Å². The first-order valence-electron chi connectivity index (χ1n) is 8.86. The zero-order chi connectivity index (χ0) is 16.8. The van der Waals surface area contributed by atoms with Gasteiger partial charge in [-0.15, -0.1) is 0 Å². The number of hydrogen-bond acceptors (Lipinski definition) is 4. The summed E-state index contributed by atoms with van der Waals surface area (Å²) in [5.41, 5.74) is 2.87. The van der Waals surface area contributed by atoms with E-state index in [0.29, 0.717) is 17.0 Å². The van der Waals surface area contributed by atoms with Crippen molar-refractivity contribution in [2.45, 2.75) is 18.9 Å². The zero-order valence-corrected chi connectivity index (χ0v) is 14.6. The maximum absolute atomic E-state index is 6.42. The van der Waals surface area contributed by atoms with Gasteiger partial charge in [0.15, 0.2) is 0 Å². The summed E-state index contributed by atoms with van der Waals surface area (Å²) in [4.78, 5) is 15.0. The summed E-state index contributed by atoms with van der Waals surface area (Å²) >= 11 is 6.42. The average molecular weight is 354 g/mol. The summed E-state index contributed by atoms with van der Waals surface area (Å²) in [5, 5.41) is 5.25. The van der Waals surface area contributed by atoms with E-state index in [-0.39, 0.29) is 0 Å². The second kappa shape index (κ2) is 6.00. The lowest BCUT2D eigenvalue weighted by Crippen LogP contribution is -2.53. The van der Waals surface area contributed by atoms with Gasteiger partial charge in [0.1, 0.15) is 0 Å². The fourth-order valence-corrected chi connectivity index (χ4v) is 4.38. The Hall–Kier alpha value is -2.11. The molecule has 6 rings (SSSR count). The van der Waals surface area contributed by atoms with Gasteiger partial charge in [0.25, 0.3) is 0 Å². The van der Waals surface area contributed by atoms with E-state index in [1.807, 2.05) is 18.3 Å². The van der Waals surface area contributed by atoms with E-state index in [2.05, 4.69) is 32.3 Å². The van der Waals surface area contributed by atoms with Gasteiger partial charge in [-0.3, -0.25) is 0 Å². The predicted octanol–water partition coefficient (Wildman–Crippen LogP) is 3.78. The van der Waals surface area contributed by atoms with Crippen molar-refractivity contribution in [1.82, 2.24) is 19.9 Å². The Morgan fingerprint density at radius 1 is 1.20 bits per heavy atom. The predicted molar refractivity (Wildman–Crippen MR) is 101 cm³/mol. The van der Waals surface area contributed by atoms with E-state index in [1.54, 1.807) is 6.20 Å². The Bertz CT molecular complexity index is 913. The van der Waals surface area contributed by atoms with Crippen LogP contribution in [-0.2, 0) is 0 Å².